The molecule has 3 aromatic rings. The zero-order valence-electron chi connectivity index (χ0n) is 23.2. The Morgan fingerprint density at radius 1 is 0.722 bits per heavy atom. The quantitative estimate of drug-likeness (QED) is 0.163. The van der Waals surface area contributed by atoms with Crippen molar-refractivity contribution in [2.75, 3.05) is 6.61 Å². The maximum atomic E-state index is 12.0. The van der Waals surface area contributed by atoms with E-state index in [1.54, 1.807) is 0 Å². The van der Waals surface area contributed by atoms with Gasteiger partial charge in [0.1, 0.15) is 5.60 Å². The molecule has 36 heavy (non-hydrogen) atoms. The van der Waals surface area contributed by atoms with Gasteiger partial charge < -0.3 is 9.84 Å². The molecular formula is C33H44O2Si. The highest BCUT2D eigenvalue weighted by Gasteiger charge is 2.41. The van der Waals surface area contributed by atoms with Crippen LogP contribution < -0.4 is 0 Å². The van der Waals surface area contributed by atoms with E-state index in [9.17, 15) is 5.11 Å². The van der Waals surface area contributed by atoms with E-state index >= 15 is 0 Å². The molecule has 0 aromatic heterocycles. The van der Waals surface area contributed by atoms with E-state index in [1.807, 2.05) is 18.2 Å². The molecule has 0 unspecified atom stereocenters. The van der Waals surface area contributed by atoms with Gasteiger partial charge in [0.15, 0.2) is 0 Å². The molecule has 0 aliphatic rings. The minimum absolute atomic E-state index is 0.113. The first-order valence-electron chi connectivity index (χ1n) is 13.2. The molecule has 0 atom stereocenters. The van der Waals surface area contributed by atoms with E-state index in [-0.39, 0.29) is 11.8 Å². The lowest BCUT2D eigenvalue weighted by molar-refractivity contribution is -0.0145. The maximum absolute atomic E-state index is 12.0. The van der Waals surface area contributed by atoms with Crippen LogP contribution in [0.1, 0.15) is 44.4 Å². The molecule has 0 heterocycles. The Morgan fingerprint density at radius 2 is 1.08 bits per heavy atom. The Kier molecular flexibility index (Phi) is 9.16. The van der Waals surface area contributed by atoms with Crippen molar-refractivity contribution in [2.45, 2.75) is 64.6 Å². The zero-order valence-corrected chi connectivity index (χ0v) is 24.2. The number of benzene rings is 3. The van der Waals surface area contributed by atoms with Crippen molar-refractivity contribution >= 4 is 8.07 Å². The van der Waals surface area contributed by atoms with E-state index < -0.39 is 19.3 Å². The predicted octanol–water partition coefficient (Wildman–Crippen LogP) is 8.30. The summed E-state index contributed by atoms with van der Waals surface area (Å²) in [5, 5.41) is 12.0. The Labute approximate surface area is 220 Å². The molecule has 3 heteroatoms. The van der Waals surface area contributed by atoms with Gasteiger partial charge in [-0.1, -0.05) is 144 Å². The van der Waals surface area contributed by atoms with Crippen LogP contribution in [0, 0.1) is 11.8 Å². The normalized spacial score (nSPS) is 13.4. The lowest BCUT2D eigenvalue weighted by atomic mass is 9.75. The zero-order chi connectivity index (χ0) is 26.4. The molecule has 0 bridgehead atoms. The fourth-order valence-corrected chi connectivity index (χ4v) is 6.96. The molecule has 0 saturated carbocycles. The van der Waals surface area contributed by atoms with Crippen molar-refractivity contribution in [1.82, 2.24) is 0 Å². The molecule has 0 fully saturated rings. The van der Waals surface area contributed by atoms with Gasteiger partial charge in [0.2, 0.25) is 0 Å². The number of hydrogen-bond acceptors (Lipinski definition) is 2. The maximum Gasteiger partial charge on any atom is 0.144 e. The van der Waals surface area contributed by atoms with Crippen LogP contribution in [0.25, 0.3) is 0 Å². The lowest BCUT2D eigenvalue weighted by Crippen LogP contribution is -2.45. The van der Waals surface area contributed by atoms with Crippen LogP contribution in [0.4, 0.5) is 0 Å². The van der Waals surface area contributed by atoms with Crippen LogP contribution >= 0.6 is 0 Å². The van der Waals surface area contributed by atoms with E-state index in [4.69, 9.17) is 4.74 Å². The fourth-order valence-electron chi connectivity index (χ4n) is 5.39. The summed E-state index contributed by atoms with van der Waals surface area (Å²) in [5.74, 6) is 0.226. The summed E-state index contributed by atoms with van der Waals surface area (Å²) in [6.45, 7) is 16.0. The van der Waals surface area contributed by atoms with Crippen molar-refractivity contribution in [2.24, 2.45) is 11.8 Å². The number of rotatable bonds is 11. The minimum Gasteiger partial charge on any atom is -0.385 e. The van der Waals surface area contributed by atoms with Crippen molar-refractivity contribution in [1.29, 1.82) is 0 Å². The average Bonchev–Trinajstić information content (AvgIpc) is 2.86. The van der Waals surface area contributed by atoms with Crippen LogP contribution in [0.2, 0.25) is 25.7 Å². The second kappa shape index (κ2) is 11.7. The van der Waals surface area contributed by atoms with Crippen LogP contribution in [0.15, 0.2) is 103 Å². The topological polar surface area (TPSA) is 29.5 Å². The molecule has 0 saturated heterocycles. The smallest absolute Gasteiger partial charge is 0.144 e. The number of aliphatic hydroxyl groups is 1. The predicted molar refractivity (Wildman–Crippen MR) is 156 cm³/mol. The number of hydrogen-bond donors (Lipinski definition) is 1. The summed E-state index contributed by atoms with van der Waals surface area (Å²) in [7, 11) is -1.49. The summed E-state index contributed by atoms with van der Waals surface area (Å²) >= 11 is 0. The van der Waals surface area contributed by atoms with Crippen molar-refractivity contribution in [3.8, 4) is 0 Å². The molecule has 0 radical (unpaired) electrons. The minimum atomic E-state index is -1.49. The van der Waals surface area contributed by atoms with Crippen LogP contribution in [-0.4, -0.2) is 25.4 Å². The third-order valence-electron chi connectivity index (χ3n) is 7.17. The monoisotopic (exact) mass is 500 g/mol. The van der Waals surface area contributed by atoms with Crippen molar-refractivity contribution < 1.29 is 9.84 Å². The SMILES string of the molecule is CC(C)C(O)(/C(=C/COC(c1ccccc1)(c1ccccc1)c1ccccc1)C[Si](C)(C)C)C(C)C. The van der Waals surface area contributed by atoms with Gasteiger partial charge in [-0.15, -0.1) is 0 Å². The summed E-state index contributed by atoms with van der Waals surface area (Å²) in [4.78, 5) is 0. The second-order valence-corrected chi connectivity index (χ2v) is 17.2. The van der Waals surface area contributed by atoms with Gasteiger partial charge in [-0.3, -0.25) is 0 Å². The summed E-state index contributed by atoms with van der Waals surface area (Å²) in [5.41, 5.74) is 2.76. The second-order valence-electron chi connectivity index (χ2n) is 11.7. The van der Waals surface area contributed by atoms with Gasteiger partial charge in [-0.05, 0) is 40.1 Å². The van der Waals surface area contributed by atoms with E-state index in [0.717, 1.165) is 28.3 Å². The van der Waals surface area contributed by atoms with Crippen molar-refractivity contribution in [3.05, 3.63) is 119 Å². The highest BCUT2D eigenvalue weighted by Crippen LogP contribution is 2.42. The summed E-state index contributed by atoms with van der Waals surface area (Å²) in [6, 6.07) is 32.4. The van der Waals surface area contributed by atoms with E-state index in [2.05, 4.69) is 126 Å². The molecule has 3 aromatic carbocycles. The van der Waals surface area contributed by atoms with Crippen LogP contribution in [-0.2, 0) is 10.3 Å². The Morgan fingerprint density at radius 3 is 1.39 bits per heavy atom. The fraction of sp³-hybridized carbons (Fsp3) is 0.394. The molecule has 0 aliphatic carbocycles. The molecule has 0 amide bonds. The van der Waals surface area contributed by atoms with Crippen LogP contribution in [0.5, 0.6) is 0 Å². The van der Waals surface area contributed by atoms with E-state index in [1.165, 1.54) is 0 Å². The standard InChI is InChI=1S/C33H44O2Si/c1-26(2)32(34,27(3)4)31(25-36(5,6)7)23-24-35-33(28-17-11-8-12-18-28,29-19-13-9-14-20-29)30-21-15-10-16-22-30/h8-23,26-27,34H,24-25H2,1-7H3/b31-23+. The summed E-state index contributed by atoms with van der Waals surface area (Å²) in [6.07, 6.45) is 2.18. The molecular weight excluding hydrogens is 456 g/mol. The van der Waals surface area contributed by atoms with Crippen molar-refractivity contribution in [3.63, 3.8) is 0 Å². The average molecular weight is 501 g/mol. The van der Waals surface area contributed by atoms with Crippen LogP contribution in [0.3, 0.4) is 0 Å². The molecule has 192 valence electrons. The van der Waals surface area contributed by atoms with Gasteiger partial charge in [-0.25, -0.2) is 0 Å². The first kappa shape index (κ1) is 28.1. The van der Waals surface area contributed by atoms with Gasteiger partial charge >= 0.3 is 0 Å². The Balaban J connectivity index is 2.16. The lowest BCUT2D eigenvalue weighted by Gasteiger charge is -2.41. The highest BCUT2D eigenvalue weighted by atomic mass is 28.3. The summed E-state index contributed by atoms with van der Waals surface area (Å²) < 4.78 is 7.02. The Hall–Kier alpha value is -2.46. The van der Waals surface area contributed by atoms with Gasteiger partial charge in [-0.2, -0.15) is 0 Å². The van der Waals surface area contributed by atoms with Gasteiger partial charge in [0, 0.05) is 8.07 Å². The molecule has 0 aliphatic heterocycles. The largest absolute Gasteiger partial charge is 0.385 e. The third-order valence-corrected chi connectivity index (χ3v) is 8.61. The van der Waals surface area contributed by atoms with E-state index in [0.29, 0.717) is 6.61 Å². The van der Waals surface area contributed by atoms with Gasteiger partial charge in [0.05, 0.1) is 12.2 Å². The third kappa shape index (κ3) is 6.08. The first-order chi connectivity index (χ1) is 17.0. The Bertz CT molecular complexity index is 992. The molecule has 0 spiro atoms. The molecule has 3 rings (SSSR count). The van der Waals surface area contributed by atoms with Gasteiger partial charge in [0.25, 0.3) is 0 Å². The molecule has 1 N–H and O–H groups in total. The molecule has 2 nitrogen and oxygen atoms in total. The number of ether oxygens (including phenoxy) is 1. The first-order valence-corrected chi connectivity index (χ1v) is 16.9. The highest BCUT2D eigenvalue weighted by molar-refractivity contribution is 6.76.